The third kappa shape index (κ3) is 3.58. The molecule has 1 heterocycles. The topological polar surface area (TPSA) is 29.1 Å². The van der Waals surface area contributed by atoms with Crippen LogP contribution in [0.1, 0.15) is 23.4 Å². The van der Waals surface area contributed by atoms with Crippen LogP contribution in [0.3, 0.4) is 0 Å². The molecule has 2 aromatic rings. The van der Waals surface area contributed by atoms with Gasteiger partial charge in [-0.05, 0) is 17.0 Å². The molecule has 0 radical (unpaired) electrons. The minimum atomic E-state index is -0.187. The highest BCUT2D eigenvalue weighted by atomic mass is 35.5. The van der Waals surface area contributed by atoms with Crippen molar-refractivity contribution in [2.45, 2.75) is 13.0 Å². The van der Waals surface area contributed by atoms with Gasteiger partial charge in [0.25, 0.3) is 0 Å². The second kappa shape index (κ2) is 6.73. The maximum absolute atomic E-state index is 12.1. The van der Waals surface area contributed by atoms with Crippen molar-refractivity contribution in [3.05, 3.63) is 58.3 Å². The number of carbonyl (C=O) groups is 1. The number of thiophene rings is 1. The van der Waals surface area contributed by atoms with E-state index in [1.807, 2.05) is 54.8 Å². The summed E-state index contributed by atoms with van der Waals surface area (Å²) in [5.41, 5.74) is 1.08. The van der Waals surface area contributed by atoms with E-state index in [9.17, 15) is 4.79 Å². The van der Waals surface area contributed by atoms with Gasteiger partial charge >= 0.3 is 0 Å². The highest BCUT2D eigenvalue weighted by Crippen LogP contribution is 2.26. The molecule has 0 aliphatic heterocycles. The third-order valence-corrected chi connectivity index (χ3v) is 4.33. The van der Waals surface area contributed by atoms with Crippen molar-refractivity contribution in [2.75, 3.05) is 5.88 Å². The summed E-state index contributed by atoms with van der Waals surface area (Å²) < 4.78 is 0. The van der Waals surface area contributed by atoms with Crippen LogP contribution in [0.5, 0.6) is 0 Å². The van der Waals surface area contributed by atoms with Gasteiger partial charge in [-0.2, -0.15) is 0 Å². The van der Waals surface area contributed by atoms with E-state index in [0.717, 1.165) is 10.4 Å². The van der Waals surface area contributed by atoms with E-state index in [4.69, 9.17) is 11.6 Å². The maximum atomic E-state index is 12.1. The fourth-order valence-corrected chi connectivity index (χ4v) is 2.72. The Morgan fingerprint density at radius 2 is 2.00 bits per heavy atom. The molecule has 2 unspecified atom stereocenters. The standard InChI is InChI=1S/C15H16ClNOS/c1-11(10-16)15(18)17-14(13-8-5-9-19-13)12-6-3-2-4-7-12/h2-9,11,14H,10H2,1H3,(H,17,18). The molecule has 100 valence electrons. The maximum Gasteiger partial charge on any atom is 0.224 e. The van der Waals surface area contributed by atoms with Gasteiger partial charge < -0.3 is 5.32 Å². The van der Waals surface area contributed by atoms with Gasteiger partial charge in [0.15, 0.2) is 0 Å². The van der Waals surface area contributed by atoms with E-state index in [-0.39, 0.29) is 17.9 Å². The molecule has 0 fully saturated rings. The van der Waals surface area contributed by atoms with Gasteiger partial charge in [-0.25, -0.2) is 0 Å². The van der Waals surface area contributed by atoms with Crippen LogP contribution in [-0.4, -0.2) is 11.8 Å². The lowest BCUT2D eigenvalue weighted by atomic mass is 10.0. The molecule has 0 spiro atoms. The Morgan fingerprint density at radius 3 is 2.58 bits per heavy atom. The van der Waals surface area contributed by atoms with Crippen molar-refractivity contribution in [3.8, 4) is 0 Å². The van der Waals surface area contributed by atoms with Crippen molar-refractivity contribution in [1.82, 2.24) is 5.32 Å². The van der Waals surface area contributed by atoms with E-state index < -0.39 is 0 Å². The first-order valence-electron chi connectivity index (χ1n) is 6.17. The molecule has 1 aromatic heterocycles. The minimum absolute atomic E-state index is 0.0164. The Bertz CT molecular complexity index is 512. The monoisotopic (exact) mass is 293 g/mol. The quantitative estimate of drug-likeness (QED) is 0.834. The van der Waals surface area contributed by atoms with Crippen LogP contribution in [-0.2, 0) is 4.79 Å². The Kier molecular flexibility index (Phi) is 5.00. The lowest BCUT2D eigenvalue weighted by Crippen LogP contribution is -2.33. The number of halogens is 1. The SMILES string of the molecule is CC(CCl)C(=O)NC(c1ccccc1)c1cccs1. The van der Waals surface area contributed by atoms with Gasteiger partial charge in [-0.1, -0.05) is 43.3 Å². The van der Waals surface area contributed by atoms with E-state index in [0.29, 0.717) is 5.88 Å². The van der Waals surface area contributed by atoms with Gasteiger partial charge in [0, 0.05) is 16.7 Å². The van der Waals surface area contributed by atoms with Gasteiger partial charge in [-0.3, -0.25) is 4.79 Å². The summed E-state index contributed by atoms with van der Waals surface area (Å²) in [6.07, 6.45) is 0. The first kappa shape index (κ1) is 14.1. The Labute approximate surface area is 122 Å². The van der Waals surface area contributed by atoms with E-state index >= 15 is 0 Å². The van der Waals surface area contributed by atoms with Crippen LogP contribution < -0.4 is 5.32 Å². The summed E-state index contributed by atoms with van der Waals surface area (Å²) in [7, 11) is 0. The number of carbonyl (C=O) groups excluding carboxylic acids is 1. The van der Waals surface area contributed by atoms with Crippen LogP contribution in [0.15, 0.2) is 47.8 Å². The summed E-state index contributed by atoms with van der Waals surface area (Å²) >= 11 is 7.38. The van der Waals surface area contributed by atoms with Gasteiger partial charge in [-0.15, -0.1) is 22.9 Å². The molecule has 2 rings (SSSR count). The molecule has 2 atom stereocenters. The fourth-order valence-electron chi connectivity index (χ4n) is 1.77. The van der Waals surface area contributed by atoms with Crippen molar-refractivity contribution < 1.29 is 4.79 Å². The molecular weight excluding hydrogens is 278 g/mol. The van der Waals surface area contributed by atoms with Gasteiger partial charge in [0.05, 0.1) is 6.04 Å². The van der Waals surface area contributed by atoms with Crippen molar-refractivity contribution in [3.63, 3.8) is 0 Å². The zero-order valence-corrected chi connectivity index (χ0v) is 12.2. The average molecular weight is 294 g/mol. The summed E-state index contributed by atoms with van der Waals surface area (Å²) in [6.45, 7) is 1.83. The number of amides is 1. The molecule has 0 bridgehead atoms. The normalized spacial score (nSPS) is 13.8. The molecule has 0 aliphatic rings. The largest absolute Gasteiger partial charge is 0.344 e. The summed E-state index contributed by atoms with van der Waals surface area (Å²) in [6, 6.07) is 13.9. The van der Waals surface area contributed by atoms with Crippen LogP contribution in [0, 0.1) is 5.92 Å². The molecule has 0 saturated carbocycles. The highest BCUT2D eigenvalue weighted by molar-refractivity contribution is 7.10. The average Bonchev–Trinajstić information content (AvgIpc) is 2.98. The number of alkyl halides is 1. The molecule has 0 saturated heterocycles. The van der Waals surface area contributed by atoms with Crippen LogP contribution in [0.4, 0.5) is 0 Å². The van der Waals surface area contributed by atoms with Gasteiger partial charge in [0.1, 0.15) is 0 Å². The molecule has 4 heteroatoms. The number of hydrogen-bond donors (Lipinski definition) is 1. The number of benzene rings is 1. The predicted octanol–water partition coefficient (Wildman–Crippen LogP) is 3.83. The number of nitrogens with one attached hydrogen (secondary N) is 1. The lowest BCUT2D eigenvalue weighted by molar-refractivity contribution is -0.124. The predicted molar refractivity (Wildman–Crippen MR) is 80.6 cm³/mol. The third-order valence-electron chi connectivity index (χ3n) is 2.93. The molecular formula is C15H16ClNOS. The Hall–Kier alpha value is -1.32. The van der Waals surface area contributed by atoms with E-state index in [1.165, 1.54) is 0 Å². The first-order valence-corrected chi connectivity index (χ1v) is 7.58. The summed E-state index contributed by atoms with van der Waals surface area (Å²) in [4.78, 5) is 13.2. The molecule has 0 aliphatic carbocycles. The minimum Gasteiger partial charge on any atom is -0.344 e. The van der Waals surface area contributed by atoms with E-state index in [2.05, 4.69) is 5.32 Å². The molecule has 1 amide bonds. The zero-order valence-electron chi connectivity index (χ0n) is 10.7. The molecule has 19 heavy (non-hydrogen) atoms. The highest BCUT2D eigenvalue weighted by Gasteiger charge is 2.20. The van der Waals surface area contributed by atoms with E-state index in [1.54, 1.807) is 11.3 Å². The van der Waals surface area contributed by atoms with Crippen LogP contribution >= 0.6 is 22.9 Å². The number of hydrogen-bond acceptors (Lipinski definition) is 2. The van der Waals surface area contributed by atoms with Crippen molar-refractivity contribution in [2.24, 2.45) is 5.92 Å². The van der Waals surface area contributed by atoms with Crippen molar-refractivity contribution >= 4 is 28.8 Å². The Morgan fingerprint density at radius 1 is 1.26 bits per heavy atom. The van der Waals surface area contributed by atoms with Gasteiger partial charge in [0.2, 0.25) is 5.91 Å². The van der Waals surface area contributed by atoms with Crippen LogP contribution in [0.25, 0.3) is 0 Å². The zero-order chi connectivity index (χ0) is 13.7. The molecule has 1 N–H and O–H groups in total. The summed E-state index contributed by atoms with van der Waals surface area (Å²) in [5, 5.41) is 5.09. The van der Waals surface area contributed by atoms with Crippen molar-refractivity contribution in [1.29, 1.82) is 0 Å². The second-order valence-corrected chi connectivity index (χ2v) is 5.71. The second-order valence-electron chi connectivity index (χ2n) is 4.42. The molecule has 1 aromatic carbocycles. The Balaban J connectivity index is 2.24. The fraction of sp³-hybridized carbons (Fsp3) is 0.267. The number of rotatable bonds is 5. The first-order chi connectivity index (χ1) is 9.22. The lowest BCUT2D eigenvalue weighted by Gasteiger charge is -2.20. The van der Waals surface area contributed by atoms with Crippen LogP contribution in [0.2, 0.25) is 0 Å². The molecule has 2 nitrogen and oxygen atoms in total. The summed E-state index contributed by atoms with van der Waals surface area (Å²) in [5.74, 6) is 0.128. The smallest absolute Gasteiger partial charge is 0.224 e.